The molecular formula is C12H12F2N2O2. The second-order valence-corrected chi connectivity index (χ2v) is 4.31. The van der Waals surface area contributed by atoms with Crippen LogP contribution in [-0.4, -0.2) is 30.5 Å². The first-order valence-corrected chi connectivity index (χ1v) is 5.47. The maximum atomic E-state index is 13.5. The quantitative estimate of drug-likeness (QED) is 0.855. The summed E-state index contributed by atoms with van der Waals surface area (Å²) in [5.41, 5.74) is -1.53. The molecule has 1 aromatic rings. The Morgan fingerprint density at radius 2 is 2.11 bits per heavy atom. The highest BCUT2D eigenvalue weighted by atomic mass is 19.1. The lowest BCUT2D eigenvalue weighted by molar-refractivity contribution is 0.0381. The fourth-order valence-corrected chi connectivity index (χ4v) is 1.80. The molecular weight excluding hydrogens is 242 g/mol. The minimum atomic E-state index is -1.10. The van der Waals surface area contributed by atoms with Crippen molar-refractivity contribution >= 4 is 5.69 Å². The normalized spacial score (nSPS) is 22.8. The Hall–Kier alpha value is -1.71. The molecule has 96 valence electrons. The van der Waals surface area contributed by atoms with Crippen molar-refractivity contribution in [3.8, 4) is 6.07 Å². The highest BCUT2D eigenvalue weighted by Gasteiger charge is 2.32. The van der Waals surface area contributed by atoms with Gasteiger partial charge in [0, 0.05) is 19.6 Å². The molecule has 0 spiro atoms. The SMILES string of the molecule is N#Cc1cc(F)c(NCC2(O)CCOC2)c(F)c1. The van der Waals surface area contributed by atoms with Gasteiger partial charge in [0.1, 0.15) is 11.3 Å². The molecule has 1 aliphatic rings. The van der Waals surface area contributed by atoms with Crippen molar-refractivity contribution in [1.82, 2.24) is 0 Å². The molecule has 0 bridgehead atoms. The van der Waals surface area contributed by atoms with Crippen molar-refractivity contribution < 1.29 is 18.6 Å². The smallest absolute Gasteiger partial charge is 0.150 e. The maximum absolute atomic E-state index is 13.5. The number of rotatable bonds is 3. The number of anilines is 1. The molecule has 2 N–H and O–H groups in total. The van der Waals surface area contributed by atoms with Crippen molar-refractivity contribution in [3.63, 3.8) is 0 Å². The van der Waals surface area contributed by atoms with E-state index < -0.39 is 17.2 Å². The van der Waals surface area contributed by atoms with Crippen LogP contribution in [0.3, 0.4) is 0 Å². The number of nitriles is 1. The van der Waals surface area contributed by atoms with Crippen molar-refractivity contribution in [2.24, 2.45) is 0 Å². The lowest BCUT2D eigenvalue weighted by atomic mass is 10.0. The topological polar surface area (TPSA) is 65.3 Å². The summed E-state index contributed by atoms with van der Waals surface area (Å²) in [5, 5.41) is 21.0. The molecule has 1 unspecified atom stereocenters. The van der Waals surface area contributed by atoms with Crippen molar-refractivity contribution in [2.45, 2.75) is 12.0 Å². The van der Waals surface area contributed by atoms with E-state index in [1.807, 2.05) is 0 Å². The molecule has 18 heavy (non-hydrogen) atoms. The summed E-state index contributed by atoms with van der Waals surface area (Å²) >= 11 is 0. The average Bonchev–Trinajstić information content (AvgIpc) is 2.75. The van der Waals surface area contributed by atoms with Gasteiger partial charge in [0.15, 0.2) is 11.6 Å². The van der Waals surface area contributed by atoms with E-state index in [-0.39, 0.29) is 24.4 Å². The summed E-state index contributed by atoms with van der Waals surface area (Å²) in [6, 6.07) is 3.55. The van der Waals surface area contributed by atoms with E-state index in [1.54, 1.807) is 6.07 Å². The number of ether oxygens (including phenoxy) is 1. The number of benzene rings is 1. The lowest BCUT2D eigenvalue weighted by Gasteiger charge is -2.21. The van der Waals surface area contributed by atoms with E-state index in [0.717, 1.165) is 12.1 Å². The van der Waals surface area contributed by atoms with Gasteiger partial charge in [0.2, 0.25) is 0 Å². The van der Waals surface area contributed by atoms with E-state index >= 15 is 0 Å². The molecule has 1 heterocycles. The summed E-state index contributed by atoms with van der Waals surface area (Å²) in [6.45, 7) is 0.558. The number of hydrogen-bond acceptors (Lipinski definition) is 4. The first-order valence-electron chi connectivity index (χ1n) is 5.47. The van der Waals surface area contributed by atoms with Crippen LogP contribution in [-0.2, 0) is 4.74 Å². The Bertz CT molecular complexity index is 470. The zero-order chi connectivity index (χ0) is 13.2. The Morgan fingerprint density at radius 1 is 1.44 bits per heavy atom. The Morgan fingerprint density at radius 3 is 2.61 bits per heavy atom. The van der Waals surface area contributed by atoms with Gasteiger partial charge in [0.25, 0.3) is 0 Å². The summed E-state index contributed by atoms with van der Waals surface area (Å²) in [6.07, 6.45) is 0.416. The molecule has 1 fully saturated rings. The third kappa shape index (κ3) is 2.58. The number of halogens is 2. The average molecular weight is 254 g/mol. The van der Waals surface area contributed by atoms with Crippen molar-refractivity contribution in [1.29, 1.82) is 5.26 Å². The molecule has 1 aliphatic heterocycles. The van der Waals surface area contributed by atoms with Gasteiger partial charge in [-0.1, -0.05) is 0 Å². The van der Waals surface area contributed by atoms with Gasteiger partial charge in [0.05, 0.1) is 18.2 Å². The minimum Gasteiger partial charge on any atom is -0.386 e. The van der Waals surface area contributed by atoms with Crippen LogP contribution in [0.1, 0.15) is 12.0 Å². The van der Waals surface area contributed by atoms with Crippen molar-refractivity contribution in [3.05, 3.63) is 29.3 Å². The van der Waals surface area contributed by atoms with Crippen LogP contribution in [0.4, 0.5) is 14.5 Å². The predicted octanol–water partition coefficient (Wildman–Crippen LogP) is 1.40. The summed E-state index contributed by atoms with van der Waals surface area (Å²) in [4.78, 5) is 0. The van der Waals surface area contributed by atoms with Gasteiger partial charge in [-0.05, 0) is 12.1 Å². The van der Waals surface area contributed by atoms with E-state index in [2.05, 4.69) is 5.32 Å². The van der Waals surface area contributed by atoms with Crippen molar-refractivity contribution in [2.75, 3.05) is 25.1 Å². The molecule has 4 nitrogen and oxygen atoms in total. The molecule has 1 atom stereocenters. The molecule has 6 heteroatoms. The highest BCUT2D eigenvalue weighted by Crippen LogP contribution is 2.23. The number of nitrogens with zero attached hydrogens (tertiary/aromatic N) is 1. The molecule has 0 radical (unpaired) electrons. The highest BCUT2D eigenvalue weighted by molar-refractivity contribution is 5.50. The van der Waals surface area contributed by atoms with Gasteiger partial charge in [-0.2, -0.15) is 5.26 Å². The van der Waals surface area contributed by atoms with Crippen LogP contribution in [0.5, 0.6) is 0 Å². The maximum Gasteiger partial charge on any atom is 0.150 e. The summed E-state index contributed by atoms with van der Waals surface area (Å²) in [7, 11) is 0. The van der Waals surface area contributed by atoms with Crippen LogP contribution in [0, 0.1) is 23.0 Å². The third-order valence-corrected chi connectivity index (χ3v) is 2.85. The van der Waals surface area contributed by atoms with Gasteiger partial charge in [-0.15, -0.1) is 0 Å². The van der Waals surface area contributed by atoms with Gasteiger partial charge >= 0.3 is 0 Å². The van der Waals surface area contributed by atoms with E-state index in [9.17, 15) is 13.9 Å². The number of nitrogens with one attached hydrogen (secondary N) is 1. The second-order valence-electron chi connectivity index (χ2n) is 4.31. The molecule has 1 saturated heterocycles. The molecule has 0 saturated carbocycles. The molecule has 0 aliphatic carbocycles. The Labute approximate surface area is 103 Å². The first-order chi connectivity index (χ1) is 8.54. The lowest BCUT2D eigenvalue weighted by Crippen LogP contribution is -2.37. The number of aliphatic hydroxyl groups is 1. The van der Waals surface area contributed by atoms with Gasteiger partial charge < -0.3 is 15.2 Å². The van der Waals surface area contributed by atoms with Crippen LogP contribution in [0.25, 0.3) is 0 Å². The Balaban J connectivity index is 2.12. The minimum absolute atomic E-state index is 0.00720. The monoisotopic (exact) mass is 254 g/mol. The summed E-state index contributed by atoms with van der Waals surface area (Å²) < 4.78 is 32.1. The van der Waals surface area contributed by atoms with Gasteiger partial charge in [-0.3, -0.25) is 0 Å². The largest absolute Gasteiger partial charge is 0.386 e. The zero-order valence-electron chi connectivity index (χ0n) is 9.54. The van der Waals surface area contributed by atoms with Crippen LogP contribution in [0.2, 0.25) is 0 Å². The molecule has 1 aromatic carbocycles. The molecule has 0 amide bonds. The Kier molecular flexibility index (Phi) is 3.45. The van der Waals surface area contributed by atoms with Crippen LogP contribution >= 0.6 is 0 Å². The molecule has 2 rings (SSSR count). The van der Waals surface area contributed by atoms with Crippen LogP contribution in [0.15, 0.2) is 12.1 Å². The first kappa shape index (κ1) is 12.7. The number of hydrogen-bond donors (Lipinski definition) is 2. The van der Waals surface area contributed by atoms with Crippen LogP contribution < -0.4 is 5.32 Å². The zero-order valence-corrected chi connectivity index (χ0v) is 9.54. The molecule has 0 aromatic heterocycles. The predicted molar refractivity (Wildman–Crippen MR) is 59.9 cm³/mol. The standard InChI is InChI=1S/C12H12F2N2O2/c13-9-3-8(5-15)4-10(14)11(9)16-6-12(17)1-2-18-7-12/h3-4,16-17H,1-2,6-7H2. The summed E-state index contributed by atoms with van der Waals surface area (Å²) in [5.74, 6) is -1.71. The fourth-order valence-electron chi connectivity index (χ4n) is 1.80. The fraction of sp³-hybridized carbons (Fsp3) is 0.417. The van der Waals surface area contributed by atoms with E-state index in [0.29, 0.717) is 13.0 Å². The van der Waals surface area contributed by atoms with Gasteiger partial charge in [-0.25, -0.2) is 8.78 Å². The third-order valence-electron chi connectivity index (χ3n) is 2.85. The van der Waals surface area contributed by atoms with E-state index in [1.165, 1.54) is 0 Å². The van der Waals surface area contributed by atoms with E-state index in [4.69, 9.17) is 10.00 Å². The second kappa shape index (κ2) is 4.88.